The summed E-state index contributed by atoms with van der Waals surface area (Å²) in [4.78, 5) is 27.3. The second-order valence-electron chi connectivity index (χ2n) is 6.64. The average Bonchev–Trinajstić information content (AvgIpc) is 2.70. The molecule has 2 aliphatic heterocycles. The molecule has 11 heteroatoms. The lowest BCUT2D eigenvalue weighted by atomic mass is 10.2. The monoisotopic (exact) mass is 437 g/mol. The number of amides is 1. The number of benzene rings is 1. The Morgan fingerprint density at radius 2 is 2.07 bits per heavy atom. The summed E-state index contributed by atoms with van der Waals surface area (Å²) in [6.45, 7) is -0.196. The molecule has 0 spiro atoms. The van der Waals surface area contributed by atoms with E-state index in [1.54, 1.807) is 6.07 Å². The third-order valence-electron chi connectivity index (χ3n) is 4.45. The Labute approximate surface area is 173 Å². The number of halogens is 1. The normalized spacial score (nSPS) is 16.8. The van der Waals surface area contributed by atoms with Crippen molar-refractivity contribution >= 4 is 27.7 Å². The predicted molar refractivity (Wildman–Crippen MR) is 106 cm³/mol. The van der Waals surface area contributed by atoms with Crippen LogP contribution in [-0.4, -0.2) is 69.0 Å². The number of nitrogens with zero attached hydrogens (tertiary/aromatic N) is 3. The predicted octanol–water partition coefficient (Wildman–Crippen LogP) is 0.834. The molecule has 0 aliphatic carbocycles. The fourth-order valence-corrected chi connectivity index (χ4v) is 3.78. The first-order valence-electron chi connectivity index (χ1n) is 8.91. The fraction of sp³-hybridized carbons (Fsp3) is 0.316. The third-order valence-corrected chi connectivity index (χ3v) is 5.61. The zero-order valence-corrected chi connectivity index (χ0v) is 17.2. The second-order valence-corrected chi connectivity index (χ2v) is 8.40. The van der Waals surface area contributed by atoms with Crippen LogP contribution in [0.2, 0.25) is 0 Å². The van der Waals surface area contributed by atoms with Crippen LogP contribution in [0, 0.1) is 5.82 Å². The van der Waals surface area contributed by atoms with Gasteiger partial charge < -0.3 is 19.3 Å². The van der Waals surface area contributed by atoms with E-state index in [4.69, 9.17) is 9.47 Å². The number of carbonyl (C=O) groups is 2. The molecule has 1 aromatic carbocycles. The van der Waals surface area contributed by atoms with Crippen LogP contribution in [0.15, 0.2) is 46.5 Å². The molecule has 30 heavy (non-hydrogen) atoms. The summed E-state index contributed by atoms with van der Waals surface area (Å²) in [6, 6.07) is 4.37. The minimum absolute atomic E-state index is 0.106. The molecule has 0 N–H and O–H groups in total. The summed E-state index contributed by atoms with van der Waals surface area (Å²) < 4.78 is 50.3. The molecule has 0 aromatic heterocycles. The van der Waals surface area contributed by atoms with Crippen molar-refractivity contribution in [3.63, 3.8) is 0 Å². The van der Waals surface area contributed by atoms with Gasteiger partial charge in [0.15, 0.2) is 18.2 Å². The van der Waals surface area contributed by atoms with Gasteiger partial charge in [-0.1, -0.05) is 6.07 Å². The number of carbonyl (C=O) groups excluding carboxylic acids is 2. The molecule has 3 rings (SSSR count). The van der Waals surface area contributed by atoms with Gasteiger partial charge in [0.2, 0.25) is 0 Å². The van der Waals surface area contributed by atoms with Gasteiger partial charge in [-0.2, -0.15) is 0 Å². The van der Waals surface area contributed by atoms with E-state index < -0.39 is 34.3 Å². The molecule has 0 bridgehead atoms. The summed E-state index contributed by atoms with van der Waals surface area (Å²) in [5.74, 6) is -1.55. The number of methoxy groups -OCH3 is 1. The smallest absolute Gasteiger partial charge is 0.340 e. The van der Waals surface area contributed by atoms with Crippen molar-refractivity contribution in [2.24, 2.45) is 4.40 Å². The number of hydrogen-bond donors (Lipinski definition) is 0. The molecule has 0 unspecified atom stereocenters. The molecule has 2 heterocycles. The van der Waals surface area contributed by atoms with Crippen molar-refractivity contribution in [1.29, 1.82) is 0 Å². The van der Waals surface area contributed by atoms with E-state index in [9.17, 15) is 22.4 Å². The quantitative estimate of drug-likeness (QED) is 0.607. The summed E-state index contributed by atoms with van der Waals surface area (Å²) >= 11 is 0. The number of hydrogen-bond acceptors (Lipinski definition) is 7. The maximum absolute atomic E-state index is 13.8. The Bertz CT molecular complexity index is 1060. The van der Waals surface area contributed by atoms with Crippen LogP contribution in [0.25, 0.3) is 0 Å². The van der Waals surface area contributed by atoms with Gasteiger partial charge in [-0.25, -0.2) is 17.6 Å². The summed E-state index contributed by atoms with van der Waals surface area (Å²) in [7, 11) is -0.616. The average molecular weight is 437 g/mol. The highest BCUT2D eigenvalue weighted by Gasteiger charge is 2.25. The van der Waals surface area contributed by atoms with E-state index in [1.165, 1.54) is 54.4 Å². The maximum atomic E-state index is 13.8. The highest BCUT2D eigenvalue weighted by molar-refractivity contribution is 7.90. The maximum Gasteiger partial charge on any atom is 0.340 e. The Hall–Kier alpha value is -3.21. The first-order chi connectivity index (χ1) is 14.2. The van der Waals surface area contributed by atoms with E-state index in [-0.39, 0.29) is 36.0 Å². The first-order valence-corrected chi connectivity index (χ1v) is 10.5. The van der Waals surface area contributed by atoms with Gasteiger partial charge in [-0.15, -0.1) is 4.40 Å². The fourth-order valence-electron chi connectivity index (χ4n) is 2.81. The minimum atomic E-state index is -3.49. The van der Waals surface area contributed by atoms with Crippen molar-refractivity contribution in [3.8, 4) is 5.75 Å². The molecular formula is C19H20FN3O6S. The van der Waals surface area contributed by atoms with Gasteiger partial charge in [0.1, 0.15) is 5.84 Å². The van der Waals surface area contributed by atoms with Crippen LogP contribution < -0.4 is 4.74 Å². The first kappa shape index (κ1) is 21.5. The van der Waals surface area contributed by atoms with E-state index in [2.05, 4.69) is 4.40 Å². The van der Waals surface area contributed by atoms with Gasteiger partial charge in [0, 0.05) is 26.3 Å². The highest BCUT2D eigenvalue weighted by atomic mass is 32.2. The second kappa shape index (κ2) is 8.66. The van der Waals surface area contributed by atoms with Crippen molar-refractivity contribution in [2.45, 2.75) is 6.54 Å². The highest BCUT2D eigenvalue weighted by Crippen LogP contribution is 2.19. The number of sulfonamides is 1. The standard InChI is InChI=1S/C19H20FN3O6S/c1-22(10-13-3-5-16(28-2)15(20)9-13)18(24)12-29-19(25)14-4-6-17-21-30(26,27)8-7-23(17)11-14/h3-6,9,11H,7-8,10,12H2,1-2H3. The number of rotatable bonds is 6. The Kier molecular flexibility index (Phi) is 6.20. The lowest BCUT2D eigenvalue weighted by molar-refractivity contribution is -0.148. The van der Waals surface area contributed by atoms with E-state index in [1.807, 2.05) is 0 Å². The van der Waals surface area contributed by atoms with Gasteiger partial charge >= 0.3 is 5.97 Å². The number of likely N-dealkylation sites (N-methyl/N-ethyl adjacent to an activating group) is 1. The van der Waals surface area contributed by atoms with Crippen LogP contribution in [0.3, 0.4) is 0 Å². The van der Waals surface area contributed by atoms with Crippen molar-refractivity contribution in [2.75, 3.05) is 33.1 Å². The van der Waals surface area contributed by atoms with Crippen LogP contribution in [0.1, 0.15) is 5.56 Å². The van der Waals surface area contributed by atoms with Crippen molar-refractivity contribution in [3.05, 3.63) is 53.5 Å². The van der Waals surface area contributed by atoms with Crippen molar-refractivity contribution in [1.82, 2.24) is 9.80 Å². The van der Waals surface area contributed by atoms with Crippen LogP contribution in [0.5, 0.6) is 5.75 Å². The summed E-state index contributed by atoms with van der Waals surface area (Å²) in [6.07, 6.45) is 4.22. The Morgan fingerprint density at radius 1 is 1.30 bits per heavy atom. The minimum Gasteiger partial charge on any atom is -0.494 e. The number of amidine groups is 1. The molecule has 0 atom stereocenters. The lowest BCUT2D eigenvalue weighted by Crippen LogP contribution is -2.37. The number of esters is 1. The molecular weight excluding hydrogens is 417 g/mol. The molecule has 9 nitrogen and oxygen atoms in total. The molecule has 0 saturated heterocycles. The Balaban J connectivity index is 1.54. The molecule has 2 aliphatic rings. The van der Waals surface area contributed by atoms with Gasteiger partial charge in [0.25, 0.3) is 15.9 Å². The van der Waals surface area contributed by atoms with Gasteiger partial charge in [0.05, 0.1) is 18.4 Å². The zero-order chi connectivity index (χ0) is 21.9. The topological polar surface area (TPSA) is 106 Å². The molecule has 1 amide bonds. The third kappa shape index (κ3) is 5.03. The molecule has 0 saturated carbocycles. The van der Waals surface area contributed by atoms with Gasteiger partial charge in [-0.3, -0.25) is 4.79 Å². The van der Waals surface area contributed by atoms with Crippen LogP contribution >= 0.6 is 0 Å². The van der Waals surface area contributed by atoms with Crippen molar-refractivity contribution < 1.29 is 31.9 Å². The number of ether oxygens (including phenoxy) is 2. The molecule has 160 valence electrons. The van der Waals surface area contributed by atoms with E-state index in [0.29, 0.717) is 5.56 Å². The molecule has 0 radical (unpaired) electrons. The summed E-state index contributed by atoms with van der Waals surface area (Å²) in [5, 5.41) is 0. The zero-order valence-electron chi connectivity index (χ0n) is 16.4. The van der Waals surface area contributed by atoms with Crippen LogP contribution in [-0.2, 0) is 30.9 Å². The molecule has 1 aromatic rings. The van der Waals surface area contributed by atoms with E-state index >= 15 is 0 Å². The SMILES string of the molecule is COc1ccc(CN(C)C(=O)COC(=O)C2=CN3CCS(=O)(=O)N=C3C=C2)cc1F. The van der Waals surface area contributed by atoms with Gasteiger partial charge in [-0.05, 0) is 29.8 Å². The lowest BCUT2D eigenvalue weighted by Gasteiger charge is -2.26. The van der Waals surface area contributed by atoms with Crippen LogP contribution in [0.4, 0.5) is 4.39 Å². The number of fused-ring (bicyclic) bond motifs is 1. The molecule has 0 fully saturated rings. The summed E-state index contributed by atoms with van der Waals surface area (Å²) in [5.41, 5.74) is 0.723. The largest absolute Gasteiger partial charge is 0.494 e. The van der Waals surface area contributed by atoms with E-state index in [0.717, 1.165) is 0 Å². The Morgan fingerprint density at radius 3 is 2.77 bits per heavy atom.